The zero-order valence-electron chi connectivity index (χ0n) is 8.62. The van der Waals surface area contributed by atoms with Crippen LogP contribution in [0.3, 0.4) is 0 Å². The van der Waals surface area contributed by atoms with E-state index in [1.807, 2.05) is 0 Å². The zero-order valence-corrected chi connectivity index (χ0v) is 8.62. The summed E-state index contributed by atoms with van der Waals surface area (Å²) in [6, 6.07) is -0.343. The highest BCUT2D eigenvalue weighted by Crippen LogP contribution is 2.03. The molecule has 0 aliphatic rings. The first-order valence-electron chi connectivity index (χ1n) is 4.62. The molecule has 4 heteroatoms. The maximum absolute atomic E-state index is 11.2. The molecule has 14 heavy (non-hydrogen) atoms. The smallest absolute Gasteiger partial charge is 0.308 e. The predicted octanol–water partition coefficient (Wildman–Crippen LogP) is 1.18. The van der Waals surface area contributed by atoms with E-state index in [0.717, 1.165) is 0 Å². The summed E-state index contributed by atoms with van der Waals surface area (Å²) in [5, 5.41) is 11.3. The fraction of sp³-hybridized carbons (Fsp3) is 0.600. The van der Waals surface area contributed by atoms with Gasteiger partial charge in [-0.2, -0.15) is 0 Å². The van der Waals surface area contributed by atoms with Crippen molar-refractivity contribution >= 4 is 11.9 Å². The van der Waals surface area contributed by atoms with Gasteiger partial charge in [-0.05, 0) is 20.3 Å². The molecule has 0 aliphatic heterocycles. The molecule has 1 amide bonds. The number of hydrogen-bond donors (Lipinski definition) is 2. The normalized spacial score (nSPS) is 14.1. The number of carboxylic acid groups (broad SMARTS) is 1. The van der Waals surface area contributed by atoms with Gasteiger partial charge in [0.25, 0.3) is 0 Å². The van der Waals surface area contributed by atoms with E-state index in [4.69, 9.17) is 5.11 Å². The Morgan fingerprint density at radius 2 is 2.07 bits per heavy atom. The van der Waals surface area contributed by atoms with E-state index in [1.54, 1.807) is 19.9 Å². The number of allylic oxidation sites excluding steroid dienone is 1. The van der Waals surface area contributed by atoms with E-state index in [9.17, 15) is 9.59 Å². The Labute approximate surface area is 84.0 Å². The molecule has 0 spiro atoms. The van der Waals surface area contributed by atoms with Crippen LogP contribution in [-0.4, -0.2) is 23.0 Å². The lowest BCUT2D eigenvalue weighted by atomic mass is 10.0. The molecular formula is C10H17NO3. The Morgan fingerprint density at radius 3 is 2.50 bits per heavy atom. The number of rotatable bonds is 6. The van der Waals surface area contributed by atoms with Gasteiger partial charge in [0.1, 0.15) is 0 Å². The summed E-state index contributed by atoms with van der Waals surface area (Å²) in [4.78, 5) is 21.8. The summed E-state index contributed by atoms with van der Waals surface area (Å²) in [6.07, 6.45) is 2.63. The van der Waals surface area contributed by atoms with Crippen molar-refractivity contribution in [1.29, 1.82) is 0 Å². The van der Waals surface area contributed by atoms with E-state index in [0.29, 0.717) is 12.8 Å². The number of carboxylic acids is 1. The molecule has 0 saturated heterocycles. The average Bonchev–Trinajstić information content (AvgIpc) is 2.13. The molecule has 0 heterocycles. The van der Waals surface area contributed by atoms with Gasteiger partial charge in [-0.25, -0.2) is 0 Å². The van der Waals surface area contributed by atoms with E-state index in [2.05, 4.69) is 11.9 Å². The van der Waals surface area contributed by atoms with Crippen LogP contribution in [0.4, 0.5) is 0 Å². The molecule has 0 aliphatic carbocycles. The van der Waals surface area contributed by atoms with Crippen LogP contribution in [0.25, 0.3) is 0 Å². The minimum atomic E-state index is -0.901. The minimum Gasteiger partial charge on any atom is -0.481 e. The van der Waals surface area contributed by atoms with Crippen LogP contribution < -0.4 is 5.32 Å². The lowest BCUT2D eigenvalue weighted by Gasteiger charge is -2.17. The van der Waals surface area contributed by atoms with Crippen molar-refractivity contribution < 1.29 is 14.7 Å². The molecular weight excluding hydrogens is 182 g/mol. The van der Waals surface area contributed by atoms with Crippen LogP contribution >= 0.6 is 0 Å². The van der Waals surface area contributed by atoms with Gasteiger partial charge < -0.3 is 10.4 Å². The molecule has 2 N–H and O–H groups in total. The maximum atomic E-state index is 11.2. The fourth-order valence-corrected chi connectivity index (χ4v) is 0.898. The molecule has 0 aromatic heterocycles. The Hall–Kier alpha value is -1.32. The SMILES string of the molecule is C=CCCC(=O)NC(C)C(C)C(=O)O. The minimum absolute atomic E-state index is 0.134. The van der Waals surface area contributed by atoms with Crippen molar-refractivity contribution in [3.63, 3.8) is 0 Å². The van der Waals surface area contributed by atoms with Gasteiger partial charge in [0.05, 0.1) is 5.92 Å². The van der Waals surface area contributed by atoms with Crippen molar-refractivity contribution in [2.24, 2.45) is 5.92 Å². The lowest BCUT2D eigenvalue weighted by Crippen LogP contribution is -2.39. The highest BCUT2D eigenvalue weighted by molar-refractivity contribution is 5.78. The molecule has 2 unspecified atom stereocenters. The van der Waals surface area contributed by atoms with Crippen LogP contribution in [0, 0.1) is 5.92 Å². The second-order valence-electron chi connectivity index (χ2n) is 3.31. The standard InChI is InChI=1S/C10H17NO3/c1-4-5-6-9(12)11-8(3)7(2)10(13)14/h4,7-8H,1,5-6H2,2-3H3,(H,11,12)(H,13,14). The van der Waals surface area contributed by atoms with Gasteiger partial charge in [0.2, 0.25) is 5.91 Å². The van der Waals surface area contributed by atoms with Crippen molar-refractivity contribution in [3.05, 3.63) is 12.7 Å². The number of amides is 1. The first-order chi connectivity index (χ1) is 6.49. The summed E-state index contributed by atoms with van der Waals surface area (Å²) in [5.41, 5.74) is 0. The average molecular weight is 199 g/mol. The molecule has 0 rings (SSSR count). The van der Waals surface area contributed by atoms with Crippen molar-refractivity contribution in [3.8, 4) is 0 Å². The van der Waals surface area contributed by atoms with Gasteiger partial charge in [0.15, 0.2) is 0 Å². The summed E-state index contributed by atoms with van der Waals surface area (Å²) in [7, 11) is 0. The number of nitrogens with one attached hydrogen (secondary N) is 1. The van der Waals surface area contributed by atoms with Crippen molar-refractivity contribution in [2.75, 3.05) is 0 Å². The first kappa shape index (κ1) is 12.7. The number of hydrogen-bond acceptors (Lipinski definition) is 2. The third kappa shape index (κ3) is 4.64. The number of carbonyl (C=O) groups excluding carboxylic acids is 1. The molecule has 4 nitrogen and oxygen atoms in total. The maximum Gasteiger partial charge on any atom is 0.308 e. The molecule has 80 valence electrons. The number of carbonyl (C=O) groups is 2. The molecule has 0 fully saturated rings. The summed E-state index contributed by atoms with van der Waals surface area (Å²) >= 11 is 0. The molecule has 2 atom stereocenters. The van der Waals surface area contributed by atoms with Crippen molar-refractivity contribution in [2.45, 2.75) is 32.7 Å². The van der Waals surface area contributed by atoms with Crippen LogP contribution in [0.15, 0.2) is 12.7 Å². The number of aliphatic carboxylic acids is 1. The topological polar surface area (TPSA) is 66.4 Å². The Bertz CT molecular complexity index is 225. The van der Waals surface area contributed by atoms with E-state index >= 15 is 0 Å². The van der Waals surface area contributed by atoms with E-state index < -0.39 is 11.9 Å². The van der Waals surface area contributed by atoms with Crippen LogP contribution in [0.1, 0.15) is 26.7 Å². The Morgan fingerprint density at radius 1 is 1.50 bits per heavy atom. The third-order valence-electron chi connectivity index (χ3n) is 2.10. The third-order valence-corrected chi connectivity index (χ3v) is 2.10. The van der Waals surface area contributed by atoms with Crippen LogP contribution in [0.5, 0.6) is 0 Å². The van der Waals surface area contributed by atoms with Gasteiger partial charge in [0, 0.05) is 12.5 Å². The quantitative estimate of drug-likeness (QED) is 0.631. The molecule has 0 bridgehead atoms. The molecule has 0 aromatic rings. The van der Waals surface area contributed by atoms with E-state index in [-0.39, 0.29) is 11.9 Å². The lowest BCUT2D eigenvalue weighted by molar-refractivity contribution is -0.142. The van der Waals surface area contributed by atoms with Crippen molar-refractivity contribution in [1.82, 2.24) is 5.32 Å². The van der Waals surface area contributed by atoms with Crippen LogP contribution in [-0.2, 0) is 9.59 Å². The molecule has 0 aromatic carbocycles. The summed E-state index contributed by atoms with van der Waals surface area (Å²) in [6.45, 7) is 6.76. The monoisotopic (exact) mass is 199 g/mol. The summed E-state index contributed by atoms with van der Waals surface area (Å²) < 4.78 is 0. The molecule has 0 saturated carbocycles. The van der Waals surface area contributed by atoms with Crippen LogP contribution in [0.2, 0.25) is 0 Å². The van der Waals surface area contributed by atoms with Gasteiger partial charge >= 0.3 is 5.97 Å². The second kappa shape index (κ2) is 6.18. The van der Waals surface area contributed by atoms with Gasteiger partial charge in [-0.1, -0.05) is 6.08 Å². The predicted molar refractivity (Wildman–Crippen MR) is 53.8 cm³/mol. The highest BCUT2D eigenvalue weighted by Gasteiger charge is 2.20. The largest absolute Gasteiger partial charge is 0.481 e. The first-order valence-corrected chi connectivity index (χ1v) is 4.62. The summed E-state index contributed by atoms with van der Waals surface area (Å²) in [5.74, 6) is -1.60. The van der Waals surface area contributed by atoms with Gasteiger partial charge in [-0.3, -0.25) is 9.59 Å². The zero-order chi connectivity index (χ0) is 11.1. The van der Waals surface area contributed by atoms with Gasteiger partial charge in [-0.15, -0.1) is 6.58 Å². The Kier molecular flexibility index (Phi) is 5.60. The second-order valence-corrected chi connectivity index (χ2v) is 3.31. The highest BCUT2D eigenvalue weighted by atomic mass is 16.4. The molecule has 0 radical (unpaired) electrons. The Balaban J connectivity index is 3.92. The fourth-order valence-electron chi connectivity index (χ4n) is 0.898. The van der Waals surface area contributed by atoms with E-state index in [1.165, 1.54) is 0 Å².